The largest absolute Gasteiger partial charge is 0.379 e. The Hall–Kier alpha value is -0.380. The number of methoxy groups -OCH3 is 1. The van der Waals surface area contributed by atoms with Crippen LogP contribution in [0.15, 0.2) is 12.1 Å². The van der Waals surface area contributed by atoms with Gasteiger partial charge in [0.25, 0.3) is 0 Å². The van der Waals surface area contributed by atoms with Gasteiger partial charge in [-0.1, -0.05) is 6.92 Å². The van der Waals surface area contributed by atoms with Crippen LogP contribution < -0.4 is 5.32 Å². The normalized spacial score (nSPS) is 13.9. The number of nitrogens with one attached hydrogen (secondary N) is 1. The Balaban J connectivity index is 2.35. The van der Waals surface area contributed by atoms with E-state index in [1.54, 1.807) is 7.11 Å². The molecule has 17 heavy (non-hydrogen) atoms. The Labute approximate surface area is 109 Å². The molecule has 1 rings (SSSR count). The van der Waals surface area contributed by atoms with Crippen molar-refractivity contribution in [3.63, 3.8) is 0 Å². The highest BCUT2D eigenvalue weighted by atomic mass is 32.1. The van der Waals surface area contributed by atoms with E-state index in [-0.39, 0.29) is 5.60 Å². The van der Waals surface area contributed by atoms with Crippen molar-refractivity contribution < 1.29 is 4.74 Å². The van der Waals surface area contributed by atoms with E-state index in [0.29, 0.717) is 6.04 Å². The Morgan fingerprint density at radius 1 is 1.35 bits per heavy atom. The van der Waals surface area contributed by atoms with E-state index in [1.807, 2.05) is 11.3 Å². The lowest BCUT2D eigenvalue weighted by Gasteiger charge is -2.27. The van der Waals surface area contributed by atoms with Crippen molar-refractivity contribution in [1.82, 2.24) is 5.32 Å². The summed E-state index contributed by atoms with van der Waals surface area (Å²) in [6.45, 7) is 9.64. The quantitative estimate of drug-likeness (QED) is 0.803. The van der Waals surface area contributed by atoms with Gasteiger partial charge in [-0.25, -0.2) is 0 Å². The van der Waals surface area contributed by atoms with Gasteiger partial charge in [0.1, 0.15) is 0 Å². The van der Waals surface area contributed by atoms with Crippen molar-refractivity contribution in [2.75, 3.05) is 7.11 Å². The zero-order valence-corrected chi connectivity index (χ0v) is 12.5. The first kappa shape index (κ1) is 14.7. The molecule has 1 heterocycles. The fourth-order valence-electron chi connectivity index (χ4n) is 1.88. The fraction of sp³-hybridized carbons (Fsp3) is 0.714. The predicted octanol–water partition coefficient (Wildman–Crippen LogP) is 3.60. The van der Waals surface area contributed by atoms with Gasteiger partial charge in [0.05, 0.1) is 5.60 Å². The SMILES string of the molecule is CCc1ccc(CNC(C)CC(C)(C)OC)s1. The van der Waals surface area contributed by atoms with Gasteiger partial charge >= 0.3 is 0 Å². The predicted molar refractivity (Wildman–Crippen MR) is 75.7 cm³/mol. The Bertz CT molecular complexity index is 333. The molecule has 0 saturated heterocycles. The molecule has 1 unspecified atom stereocenters. The minimum absolute atomic E-state index is 0.0452. The summed E-state index contributed by atoms with van der Waals surface area (Å²) in [6.07, 6.45) is 2.16. The van der Waals surface area contributed by atoms with Gasteiger partial charge in [0.15, 0.2) is 0 Å². The molecule has 2 nitrogen and oxygen atoms in total. The number of thiophene rings is 1. The highest BCUT2D eigenvalue weighted by Gasteiger charge is 2.19. The first-order valence-corrected chi connectivity index (χ1v) is 7.14. The second kappa shape index (κ2) is 6.53. The van der Waals surface area contributed by atoms with E-state index in [9.17, 15) is 0 Å². The monoisotopic (exact) mass is 255 g/mol. The van der Waals surface area contributed by atoms with Crippen LogP contribution in [0.4, 0.5) is 0 Å². The lowest BCUT2D eigenvalue weighted by molar-refractivity contribution is 0.00847. The molecule has 1 atom stereocenters. The second-order valence-electron chi connectivity index (χ2n) is 5.17. The van der Waals surface area contributed by atoms with Gasteiger partial charge in [-0.05, 0) is 45.7 Å². The Kier molecular flexibility index (Phi) is 5.63. The van der Waals surface area contributed by atoms with Crippen molar-refractivity contribution in [3.8, 4) is 0 Å². The molecule has 1 N–H and O–H groups in total. The third-order valence-electron chi connectivity index (χ3n) is 3.04. The standard InChI is InChI=1S/C14H25NOS/c1-6-12-7-8-13(17-12)10-15-11(2)9-14(3,4)16-5/h7-8,11,15H,6,9-10H2,1-5H3. The van der Waals surface area contributed by atoms with Gasteiger partial charge in [0.2, 0.25) is 0 Å². The zero-order chi connectivity index (χ0) is 12.9. The van der Waals surface area contributed by atoms with E-state index in [2.05, 4.69) is 45.1 Å². The van der Waals surface area contributed by atoms with E-state index in [0.717, 1.165) is 19.4 Å². The molecule has 0 bridgehead atoms. The lowest BCUT2D eigenvalue weighted by atomic mass is 10.00. The van der Waals surface area contributed by atoms with Gasteiger partial charge in [-0.3, -0.25) is 0 Å². The van der Waals surface area contributed by atoms with Gasteiger partial charge in [0, 0.05) is 29.5 Å². The fourth-order valence-corrected chi connectivity index (χ4v) is 2.78. The first-order chi connectivity index (χ1) is 7.96. The van der Waals surface area contributed by atoms with Crippen molar-refractivity contribution in [2.24, 2.45) is 0 Å². The van der Waals surface area contributed by atoms with Crippen LogP contribution >= 0.6 is 11.3 Å². The smallest absolute Gasteiger partial charge is 0.0637 e. The Morgan fingerprint density at radius 2 is 2.00 bits per heavy atom. The molecule has 0 fully saturated rings. The zero-order valence-electron chi connectivity index (χ0n) is 11.7. The topological polar surface area (TPSA) is 21.3 Å². The van der Waals surface area contributed by atoms with Crippen molar-refractivity contribution in [1.29, 1.82) is 0 Å². The molecular formula is C14H25NOS. The highest BCUT2D eigenvalue weighted by molar-refractivity contribution is 7.11. The van der Waals surface area contributed by atoms with E-state index in [1.165, 1.54) is 9.75 Å². The summed E-state index contributed by atoms with van der Waals surface area (Å²) in [4.78, 5) is 2.88. The maximum absolute atomic E-state index is 5.44. The summed E-state index contributed by atoms with van der Waals surface area (Å²) < 4.78 is 5.44. The van der Waals surface area contributed by atoms with Crippen molar-refractivity contribution >= 4 is 11.3 Å². The second-order valence-corrected chi connectivity index (χ2v) is 6.42. The lowest BCUT2D eigenvalue weighted by Crippen LogP contribution is -2.35. The molecule has 1 aromatic heterocycles. The molecule has 1 aromatic rings. The summed E-state index contributed by atoms with van der Waals surface area (Å²) in [5.74, 6) is 0. The van der Waals surface area contributed by atoms with Crippen LogP contribution in [0.2, 0.25) is 0 Å². The molecule has 98 valence electrons. The van der Waals surface area contributed by atoms with Crippen LogP contribution in [0, 0.1) is 0 Å². The van der Waals surface area contributed by atoms with Crippen LogP contribution in [0.25, 0.3) is 0 Å². The number of aryl methyl sites for hydroxylation is 1. The highest BCUT2D eigenvalue weighted by Crippen LogP contribution is 2.18. The van der Waals surface area contributed by atoms with Crippen LogP contribution in [0.1, 0.15) is 43.9 Å². The average Bonchev–Trinajstić information content (AvgIpc) is 2.74. The molecule has 0 amide bonds. The maximum atomic E-state index is 5.44. The molecule has 3 heteroatoms. The molecule has 0 spiro atoms. The summed E-state index contributed by atoms with van der Waals surface area (Å²) in [5, 5.41) is 3.56. The van der Waals surface area contributed by atoms with Crippen LogP contribution in [-0.4, -0.2) is 18.8 Å². The number of ether oxygens (including phenoxy) is 1. The van der Waals surface area contributed by atoms with E-state index >= 15 is 0 Å². The van der Waals surface area contributed by atoms with Crippen LogP contribution in [-0.2, 0) is 17.7 Å². The molecule has 0 aromatic carbocycles. The van der Waals surface area contributed by atoms with E-state index < -0.39 is 0 Å². The molecule has 0 aliphatic heterocycles. The maximum Gasteiger partial charge on any atom is 0.0637 e. The number of rotatable bonds is 7. The van der Waals surface area contributed by atoms with Gasteiger partial charge in [-0.15, -0.1) is 11.3 Å². The van der Waals surface area contributed by atoms with Gasteiger partial charge in [-0.2, -0.15) is 0 Å². The summed E-state index contributed by atoms with van der Waals surface area (Å²) >= 11 is 1.90. The van der Waals surface area contributed by atoms with E-state index in [4.69, 9.17) is 4.74 Å². The molecule has 0 radical (unpaired) electrons. The third kappa shape index (κ3) is 5.19. The summed E-state index contributed by atoms with van der Waals surface area (Å²) in [7, 11) is 1.78. The van der Waals surface area contributed by atoms with Crippen LogP contribution in [0.5, 0.6) is 0 Å². The molecule has 0 aliphatic carbocycles. The molecule has 0 saturated carbocycles. The Morgan fingerprint density at radius 3 is 2.53 bits per heavy atom. The molecular weight excluding hydrogens is 230 g/mol. The third-order valence-corrected chi connectivity index (χ3v) is 4.27. The summed E-state index contributed by atoms with van der Waals surface area (Å²) in [6, 6.07) is 4.92. The summed E-state index contributed by atoms with van der Waals surface area (Å²) in [5.41, 5.74) is -0.0452. The number of hydrogen-bond donors (Lipinski definition) is 1. The number of hydrogen-bond acceptors (Lipinski definition) is 3. The first-order valence-electron chi connectivity index (χ1n) is 6.33. The van der Waals surface area contributed by atoms with Crippen molar-refractivity contribution in [2.45, 2.75) is 58.7 Å². The van der Waals surface area contributed by atoms with Gasteiger partial charge < -0.3 is 10.1 Å². The minimum Gasteiger partial charge on any atom is -0.379 e. The minimum atomic E-state index is -0.0452. The van der Waals surface area contributed by atoms with Crippen LogP contribution in [0.3, 0.4) is 0 Å². The average molecular weight is 255 g/mol. The molecule has 0 aliphatic rings. The van der Waals surface area contributed by atoms with Crippen molar-refractivity contribution in [3.05, 3.63) is 21.9 Å².